The Labute approximate surface area is 99.0 Å². The highest BCUT2D eigenvalue weighted by molar-refractivity contribution is 5.92. The summed E-state index contributed by atoms with van der Waals surface area (Å²) in [4.78, 5) is 8.19. The summed E-state index contributed by atoms with van der Waals surface area (Å²) >= 11 is 0. The summed E-state index contributed by atoms with van der Waals surface area (Å²) in [5.41, 5.74) is 6.66. The van der Waals surface area contributed by atoms with Gasteiger partial charge in [0.05, 0.1) is 0 Å². The van der Waals surface area contributed by atoms with Crippen LogP contribution in [0.25, 0.3) is 0 Å². The van der Waals surface area contributed by atoms with Crippen molar-refractivity contribution in [1.82, 2.24) is 15.2 Å². The van der Waals surface area contributed by atoms with E-state index in [0.29, 0.717) is 18.9 Å². The molecule has 2 aromatic rings. The van der Waals surface area contributed by atoms with Crippen LogP contribution in [0.2, 0.25) is 0 Å². The van der Waals surface area contributed by atoms with Crippen LogP contribution in [-0.2, 0) is 6.42 Å². The topological polar surface area (TPSA) is 92.0 Å². The van der Waals surface area contributed by atoms with Crippen LogP contribution >= 0.6 is 0 Å². The predicted octanol–water partition coefficient (Wildman–Crippen LogP) is 0.774. The van der Waals surface area contributed by atoms with E-state index in [1.165, 1.54) is 6.33 Å². The summed E-state index contributed by atoms with van der Waals surface area (Å²) in [5, 5.41) is 9.53. The monoisotopic (exact) mass is 230 g/mol. The van der Waals surface area contributed by atoms with E-state index in [2.05, 4.69) is 25.5 Å². The van der Waals surface area contributed by atoms with Crippen molar-refractivity contribution in [2.75, 3.05) is 11.9 Å². The highest BCUT2D eigenvalue weighted by Gasteiger charge is 1.96. The summed E-state index contributed by atoms with van der Waals surface area (Å²) in [6, 6.07) is 9.67. The van der Waals surface area contributed by atoms with Crippen molar-refractivity contribution < 1.29 is 0 Å². The average Bonchev–Trinajstić information content (AvgIpc) is 2.83. The molecule has 0 aliphatic carbocycles. The number of rotatable bonds is 4. The second-order valence-corrected chi connectivity index (χ2v) is 3.44. The number of hydrogen-bond acceptors (Lipinski definition) is 3. The molecular formula is C11H14N6. The number of benzene rings is 1. The van der Waals surface area contributed by atoms with Gasteiger partial charge in [-0.05, 0) is 12.1 Å². The fourth-order valence-electron chi connectivity index (χ4n) is 1.34. The first-order valence-electron chi connectivity index (χ1n) is 5.31. The molecular weight excluding hydrogens is 216 g/mol. The van der Waals surface area contributed by atoms with E-state index in [-0.39, 0.29) is 0 Å². The second kappa shape index (κ2) is 5.64. The third-order valence-electron chi connectivity index (χ3n) is 2.14. The molecule has 6 nitrogen and oxygen atoms in total. The lowest BCUT2D eigenvalue weighted by Crippen LogP contribution is -2.23. The highest BCUT2D eigenvalue weighted by Crippen LogP contribution is 2.03. The summed E-state index contributed by atoms with van der Waals surface area (Å²) in [6.45, 7) is 0.570. The van der Waals surface area contributed by atoms with Crippen molar-refractivity contribution in [2.45, 2.75) is 6.42 Å². The van der Waals surface area contributed by atoms with Gasteiger partial charge in [-0.2, -0.15) is 5.10 Å². The maximum absolute atomic E-state index is 5.74. The van der Waals surface area contributed by atoms with Crippen LogP contribution in [-0.4, -0.2) is 27.7 Å². The average molecular weight is 230 g/mol. The minimum atomic E-state index is 0.399. The smallest absolute Gasteiger partial charge is 0.193 e. The molecule has 0 saturated carbocycles. The number of H-pyrrole nitrogens is 1. The lowest BCUT2D eigenvalue weighted by atomic mass is 10.3. The van der Waals surface area contributed by atoms with E-state index < -0.39 is 0 Å². The van der Waals surface area contributed by atoms with Gasteiger partial charge in [0.25, 0.3) is 0 Å². The van der Waals surface area contributed by atoms with E-state index in [1.807, 2.05) is 30.3 Å². The molecule has 1 aromatic heterocycles. The minimum absolute atomic E-state index is 0.399. The minimum Gasteiger partial charge on any atom is -0.370 e. The van der Waals surface area contributed by atoms with E-state index >= 15 is 0 Å². The van der Waals surface area contributed by atoms with Gasteiger partial charge in [-0.1, -0.05) is 18.2 Å². The maximum atomic E-state index is 5.74. The normalized spacial score (nSPS) is 11.4. The molecule has 0 unspecified atom stereocenters. The third kappa shape index (κ3) is 3.60. The van der Waals surface area contributed by atoms with Crippen LogP contribution in [0.15, 0.2) is 41.7 Å². The number of aromatic nitrogens is 3. The second-order valence-electron chi connectivity index (χ2n) is 3.44. The van der Waals surface area contributed by atoms with E-state index in [9.17, 15) is 0 Å². The van der Waals surface area contributed by atoms with Gasteiger partial charge in [0.1, 0.15) is 12.2 Å². The summed E-state index contributed by atoms with van der Waals surface area (Å²) in [6.07, 6.45) is 2.17. The van der Waals surface area contributed by atoms with Gasteiger partial charge >= 0.3 is 0 Å². The SMILES string of the molecule is NC(=NCCc1ncn[nH]1)Nc1ccccc1. The fraction of sp³-hybridized carbons (Fsp3) is 0.182. The van der Waals surface area contributed by atoms with Crippen LogP contribution in [0, 0.1) is 0 Å². The molecule has 1 aromatic carbocycles. The number of guanidine groups is 1. The third-order valence-corrected chi connectivity index (χ3v) is 2.14. The van der Waals surface area contributed by atoms with Crippen molar-refractivity contribution in [3.63, 3.8) is 0 Å². The largest absolute Gasteiger partial charge is 0.370 e. The molecule has 2 rings (SSSR count). The first kappa shape index (κ1) is 11.1. The molecule has 88 valence electrons. The van der Waals surface area contributed by atoms with Gasteiger partial charge < -0.3 is 11.1 Å². The van der Waals surface area contributed by atoms with Crippen LogP contribution in [0.5, 0.6) is 0 Å². The number of para-hydroxylation sites is 1. The molecule has 0 radical (unpaired) electrons. The number of hydrogen-bond donors (Lipinski definition) is 3. The molecule has 6 heteroatoms. The molecule has 0 saturated heterocycles. The molecule has 0 aliphatic rings. The summed E-state index contributed by atoms with van der Waals surface area (Å²) in [7, 11) is 0. The highest BCUT2D eigenvalue weighted by atomic mass is 15.2. The fourth-order valence-corrected chi connectivity index (χ4v) is 1.34. The molecule has 0 fully saturated rings. The summed E-state index contributed by atoms with van der Waals surface area (Å²) < 4.78 is 0. The standard InChI is InChI=1S/C11H14N6/c12-11(16-9-4-2-1-3-5-9)13-7-6-10-14-8-15-17-10/h1-5,8H,6-7H2,(H3,12,13,16)(H,14,15,17). The Balaban J connectivity index is 1.81. The Bertz CT molecular complexity index is 462. The van der Waals surface area contributed by atoms with E-state index in [1.54, 1.807) is 0 Å². The molecule has 17 heavy (non-hydrogen) atoms. The van der Waals surface area contributed by atoms with Crippen LogP contribution < -0.4 is 11.1 Å². The number of nitrogens with two attached hydrogens (primary N) is 1. The van der Waals surface area contributed by atoms with Crippen LogP contribution in [0.1, 0.15) is 5.82 Å². The number of anilines is 1. The Morgan fingerprint density at radius 3 is 2.88 bits per heavy atom. The van der Waals surface area contributed by atoms with Gasteiger partial charge in [0.15, 0.2) is 5.96 Å². The van der Waals surface area contributed by atoms with Gasteiger partial charge in [-0.25, -0.2) is 4.98 Å². The molecule has 0 bridgehead atoms. The Hall–Kier alpha value is -2.37. The zero-order valence-electron chi connectivity index (χ0n) is 9.30. The van der Waals surface area contributed by atoms with E-state index in [4.69, 9.17) is 5.73 Å². The van der Waals surface area contributed by atoms with Crippen molar-refractivity contribution in [2.24, 2.45) is 10.7 Å². The van der Waals surface area contributed by atoms with Crippen molar-refractivity contribution in [3.05, 3.63) is 42.5 Å². The maximum Gasteiger partial charge on any atom is 0.193 e. The van der Waals surface area contributed by atoms with Crippen molar-refractivity contribution >= 4 is 11.6 Å². The van der Waals surface area contributed by atoms with Crippen molar-refractivity contribution in [1.29, 1.82) is 0 Å². The zero-order chi connectivity index (χ0) is 11.9. The van der Waals surface area contributed by atoms with Gasteiger partial charge in [-0.15, -0.1) is 0 Å². The lowest BCUT2D eigenvalue weighted by molar-refractivity contribution is 0.873. The number of nitrogens with zero attached hydrogens (tertiary/aromatic N) is 3. The molecule has 0 aliphatic heterocycles. The first-order valence-corrected chi connectivity index (χ1v) is 5.31. The quantitative estimate of drug-likeness (QED) is 0.534. The Morgan fingerprint density at radius 1 is 1.35 bits per heavy atom. The predicted molar refractivity (Wildman–Crippen MR) is 66.6 cm³/mol. The molecule has 0 atom stereocenters. The molecule has 0 spiro atoms. The van der Waals surface area contributed by atoms with Crippen LogP contribution in [0.3, 0.4) is 0 Å². The Morgan fingerprint density at radius 2 is 2.18 bits per heavy atom. The Kier molecular flexibility index (Phi) is 3.69. The van der Waals surface area contributed by atoms with Gasteiger partial charge in [-0.3, -0.25) is 10.1 Å². The van der Waals surface area contributed by atoms with Crippen LogP contribution in [0.4, 0.5) is 5.69 Å². The van der Waals surface area contributed by atoms with E-state index in [0.717, 1.165) is 11.5 Å². The van der Waals surface area contributed by atoms with Gasteiger partial charge in [0.2, 0.25) is 0 Å². The lowest BCUT2D eigenvalue weighted by Gasteiger charge is -2.04. The van der Waals surface area contributed by atoms with Gasteiger partial charge in [0, 0.05) is 18.7 Å². The number of aromatic amines is 1. The zero-order valence-corrected chi connectivity index (χ0v) is 9.30. The number of aliphatic imine (C=N–C) groups is 1. The number of nitrogens with one attached hydrogen (secondary N) is 2. The molecule has 0 amide bonds. The van der Waals surface area contributed by atoms with Crippen molar-refractivity contribution in [3.8, 4) is 0 Å². The first-order chi connectivity index (χ1) is 8.34. The summed E-state index contributed by atoms with van der Waals surface area (Å²) in [5.74, 6) is 1.21. The molecule has 4 N–H and O–H groups in total. The molecule has 1 heterocycles.